The first kappa shape index (κ1) is 17.3. The molecule has 0 aliphatic carbocycles. The maximum absolute atomic E-state index is 12.3. The molecule has 0 aromatic heterocycles. The van der Waals surface area contributed by atoms with E-state index in [1.54, 1.807) is 18.2 Å². The normalized spacial score (nSPS) is 10.5. The summed E-state index contributed by atoms with van der Waals surface area (Å²) in [7, 11) is 0. The van der Waals surface area contributed by atoms with E-state index in [0.717, 1.165) is 29.4 Å². The van der Waals surface area contributed by atoms with Gasteiger partial charge in [0.15, 0.2) is 0 Å². The largest absolute Gasteiger partial charge is 0.321 e. The molecule has 0 aliphatic heterocycles. The van der Waals surface area contributed by atoms with E-state index in [1.807, 2.05) is 18.2 Å². The number of nitrogens with one attached hydrogen (secondary N) is 1. The summed E-state index contributed by atoms with van der Waals surface area (Å²) in [4.78, 5) is 12.3. The summed E-state index contributed by atoms with van der Waals surface area (Å²) < 4.78 is 0.861. The summed E-state index contributed by atoms with van der Waals surface area (Å²) in [5, 5.41) is 3.69. The van der Waals surface area contributed by atoms with E-state index in [2.05, 4.69) is 28.2 Å². The molecule has 0 saturated heterocycles. The molecule has 0 bridgehead atoms. The van der Waals surface area contributed by atoms with Gasteiger partial charge in [0, 0.05) is 9.50 Å². The van der Waals surface area contributed by atoms with Crippen molar-refractivity contribution in [1.82, 2.24) is 0 Å². The lowest BCUT2D eigenvalue weighted by atomic mass is 10.1. The van der Waals surface area contributed by atoms with Crippen molar-refractivity contribution in [1.29, 1.82) is 0 Å². The van der Waals surface area contributed by atoms with Crippen LogP contribution >= 0.6 is 39.1 Å². The van der Waals surface area contributed by atoms with Gasteiger partial charge in [-0.3, -0.25) is 4.79 Å². The van der Waals surface area contributed by atoms with Gasteiger partial charge in [0.2, 0.25) is 0 Å². The van der Waals surface area contributed by atoms with Crippen LogP contribution < -0.4 is 5.32 Å². The second kappa shape index (κ2) is 8.00. The Bertz CT molecular complexity index is 688. The second-order valence-corrected chi connectivity index (χ2v) is 6.69. The first-order chi connectivity index (χ1) is 10.5. The van der Waals surface area contributed by atoms with Crippen molar-refractivity contribution in [3.8, 4) is 0 Å². The number of amides is 1. The second-order valence-electron chi connectivity index (χ2n) is 5.00. The molecule has 22 heavy (non-hydrogen) atoms. The molecule has 0 atom stereocenters. The van der Waals surface area contributed by atoms with Crippen LogP contribution in [0, 0.1) is 0 Å². The van der Waals surface area contributed by atoms with Gasteiger partial charge < -0.3 is 5.32 Å². The van der Waals surface area contributed by atoms with Crippen molar-refractivity contribution in [2.75, 3.05) is 5.32 Å². The van der Waals surface area contributed by atoms with E-state index in [4.69, 9.17) is 23.2 Å². The highest BCUT2D eigenvalue weighted by molar-refractivity contribution is 9.10. The van der Waals surface area contributed by atoms with Crippen LogP contribution in [0.15, 0.2) is 40.9 Å². The van der Waals surface area contributed by atoms with Crippen LogP contribution in [0.2, 0.25) is 10.0 Å². The number of hydrogen-bond acceptors (Lipinski definition) is 1. The molecule has 2 nitrogen and oxygen atoms in total. The lowest BCUT2D eigenvalue weighted by Crippen LogP contribution is -2.13. The smallest absolute Gasteiger partial charge is 0.257 e. The molecular weight excluding hydrogens is 385 g/mol. The number of halogens is 3. The maximum atomic E-state index is 12.3. The Morgan fingerprint density at radius 3 is 2.59 bits per heavy atom. The number of unbranched alkanes of at least 4 members (excludes halogenated alkanes) is 1. The SMILES string of the molecule is CCCCc1ccc(NC(=O)c2ccc(Cl)cc2Cl)c(Br)c1. The van der Waals surface area contributed by atoms with Crippen molar-refractivity contribution in [2.45, 2.75) is 26.2 Å². The minimum Gasteiger partial charge on any atom is -0.321 e. The van der Waals surface area contributed by atoms with Crippen molar-refractivity contribution < 1.29 is 4.79 Å². The third-order valence-electron chi connectivity index (χ3n) is 3.28. The Morgan fingerprint density at radius 2 is 1.95 bits per heavy atom. The van der Waals surface area contributed by atoms with E-state index >= 15 is 0 Å². The first-order valence-corrected chi connectivity index (χ1v) is 8.61. The average molecular weight is 401 g/mol. The van der Waals surface area contributed by atoms with E-state index in [0.29, 0.717) is 15.6 Å². The van der Waals surface area contributed by atoms with Crippen LogP contribution in [0.5, 0.6) is 0 Å². The number of carbonyl (C=O) groups excluding carboxylic acids is 1. The third kappa shape index (κ3) is 4.48. The predicted octanol–water partition coefficient (Wildman–Crippen LogP) is 6.35. The fourth-order valence-electron chi connectivity index (χ4n) is 2.06. The molecule has 0 saturated carbocycles. The minimum atomic E-state index is -0.260. The van der Waals surface area contributed by atoms with Crippen molar-refractivity contribution in [3.05, 3.63) is 62.0 Å². The molecule has 5 heteroatoms. The van der Waals surface area contributed by atoms with E-state index in [1.165, 1.54) is 5.56 Å². The zero-order chi connectivity index (χ0) is 16.1. The van der Waals surface area contributed by atoms with Crippen LogP contribution in [0.1, 0.15) is 35.7 Å². The molecule has 0 heterocycles. The van der Waals surface area contributed by atoms with Crippen molar-refractivity contribution in [3.63, 3.8) is 0 Å². The Hall–Kier alpha value is -1.03. The minimum absolute atomic E-state index is 0.260. The molecule has 2 aromatic carbocycles. The number of aryl methyl sites for hydroxylation is 1. The highest BCUT2D eigenvalue weighted by Crippen LogP contribution is 2.27. The summed E-state index contributed by atoms with van der Waals surface area (Å²) in [6.45, 7) is 2.17. The molecule has 0 fully saturated rings. The lowest BCUT2D eigenvalue weighted by Gasteiger charge is -2.10. The van der Waals surface area contributed by atoms with Crippen LogP contribution in [0.3, 0.4) is 0 Å². The Kier molecular flexibility index (Phi) is 6.30. The molecule has 2 aromatic rings. The zero-order valence-corrected chi connectivity index (χ0v) is 15.2. The number of rotatable bonds is 5. The maximum Gasteiger partial charge on any atom is 0.257 e. The van der Waals surface area contributed by atoms with Gasteiger partial charge in [-0.15, -0.1) is 0 Å². The number of hydrogen-bond donors (Lipinski definition) is 1. The van der Waals surface area contributed by atoms with E-state index in [-0.39, 0.29) is 5.91 Å². The molecule has 0 aliphatic rings. The molecule has 2 rings (SSSR count). The van der Waals surface area contributed by atoms with Gasteiger partial charge in [-0.25, -0.2) is 0 Å². The van der Waals surface area contributed by atoms with Crippen LogP contribution in [0.4, 0.5) is 5.69 Å². The summed E-state index contributed by atoms with van der Waals surface area (Å²) in [6.07, 6.45) is 3.34. The van der Waals surface area contributed by atoms with Gasteiger partial charge in [0.05, 0.1) is 16.3 Å². The van der Waals surface area contributed by atoms with Gasteiger partial charge in [-0.05, 0) is 64.7 Å². The van der Waals surface area contributed by atoms with Gasteiger partial charge in [-0.1, -0.05) is 42.6 Å². The predicted molar refractivity (Wildman–Crippen MR) is 97.2 cm³/mol. The van der Waals surface area contributed by atoms with Crippen molar-refractivity contribution in [2.24, 2.45) is 0 Å². The standard InChI is InChI=1S/C17H16BrCl2NO/c1-2-3-4-11-5-8-16(14(18)9-11)21-17(22)13-7-6-12(19)10-15(13)20/h5-10H,2-4H2,1H3,(H,21,22). The molecule has 1 amide bonds. The van der Waals surface area contributed by atoms with Gasteiger partial charge in [0.25, 0.3) is 5.91 Å². The molecular formula is C17H16BrCl2NO. The fourth-order valence-corrected chi connectivity index (χ4v) is 3.08. The fraction of sp³-hybridized carbons (Fsp3) is 0.235. The summed E-state index contributed by atoms with van der Waals surface area (Å²) in [6, 6.07) is 10.8. The Morgan fingerprint density at radius 1 is 1.18 bits per heavy atom. The molecule has 0 unspecified atom stereocenters. The highest BCUT2D eigenvalue weighted by atomic mass is 79.9. The van der Waals surface area contributed by atoms with Crippen LogP contribution in [0.25, 0.3) is 0 Å². The quantitative estimate of drug-likeness (QED) is 0.622. The average Bonchev–Trinajstić information content (AvgIpc) is 2.47. The zero-order valence-electron chi connectivity index (χ0n) is 12.1. The Balaban J connectivity index is 2.14. The van der Waals surface area contributed by atoms with Gasteiger partial charge >= 0.3 is 0 Å². The third-order valence-corrected chi connectivity index (χ3v) is 4.48. The Labute approximate surface area is 148 Å². The number of carbonyl (C=O) groups is 1. The molecule has 1 N–H and O–H groups in total. The summed E-state index contributed by atoms with van der Waals surface area (Å²) in [5.74, 6) is -0.260. The first-order valence-electron chi connectivity index (χ1n) is 7.06. The monoisotopic (exact) mass is 399 g/mol. The van der Waals surface area contributed by atoms with Gasteiger partial charge in [-0.2, -0.15) is 0 Å². The van der Waals surface area contributed by atoms with Gasteiger partial charge in [0.1, 0.15) is 0 Å². The van der Waals surface area contributed by atoms with E-state index in [9.17, 15) is 4.79 Å². The van der Waals surface area contributed by atoms with Crippen molar-refractivity contribution >= 4 is 50.7 Å². The summed E-state index contributed by atoms with van der Waals surface area (Å²) in [5.41, 5.74) is 2.36. The summed E-state index contributed by atoms with van der Waals surface area (Å²) >= 11 is 15.4. The van der Waals surface area contributed by atoms with Crippen LogP contribution in [-0.4, -0.2) is 5.91 Å². The number of benzene rings is 2. The van der Waals surface area contributed by atoms with Crippen LogP contribution in [-0.2, 0) is 6.42 Å². The van der Waals surface area contributed by atoms with E-state index < -0.39 is 0 Å². The molecule has 0 radical (unpaired) electrons. The molecule has 116 valence electrons. The molecule has 0 spiro atoms. The highest BCUT2D eigenvalue weighted by Gasteiger charge is 2.12. The topological polar surface area (TPSA) is 29.1 Å². The number of anilines is 1. The lowest BCUT2D eigenvalue weighted by molar-refractivity contribution is 0.102.